The Morgan fingerprint density at radius 3 is 2.67 bits per heavy atom. The van der Waals surface area contributed by atoms with E-state index in [4.69, 9.17) is 17.3 Å². The van der Waals surface area contributed by atoms with E-state index in [1.54, 1.807) is 0 Å². The normalized spacial score (nSPS) is 27.4. The van der Waals surface area contributed by atoms with E-state index in [1.165, 1.54) is 24.4 Å². The molecule has 1 aliphatic heterocycles. The predicted molar refractivity (Wildman–Crippen MR) is 107 cm³/mol. The first-order valence-corrected chi connectivity index (χ1v) is 10.2. The Bertz CT molecular complexity index is 1050. The summed E-state index contributed by atoms with van der Waals surface area (Å²) in [5.74, 6) is -3.65. The number of hydrogen-bond donors (Lipinski definition) is 1. The average Bonchev–Trinajstić information content (AvgIpc) is 3.45. The third kappa shape index (κ3) is 3.37. The Labute approximate surface area is 178 Å². The molecule has 2 N–H and O–H groups in total. The minimum atomic E-state index is -1.83. The van der Waals surface area contributed by atoms with Crippen LogP contribution in [0.1, 0.15) is 28.0 Å². The molecule has 158 valence electrons. The summed E-state index contributed by atoms with van der Waals surface area (Å²) in [6.45, 7) is -1.96. The molecule has 0 saturated heterocycles. The molecule has 0 radical (unpaired) electrons. The van der Waals surface area contributed by atoms with Crippen LogP contribution in [0.4, 0.5) is 17.6 Å². The van der Waals surface area contributed by atoms with E-state index in [1.807, 2.05) is 0 Å². The first kappa shape index (κ1) is 21.1. The Hall–Kier alpha value is -2.13. The molecule has 2 heterocycles. The number of rotatable bonds is 6. The lowest BCUT2D eigenvalue weighted by molar-refractivity contribution is 0.0988. The van der Waals surface area contributed by atoms with Crippen LogP contribution in [0.25, 0.3) is 0 Å². The number of thioether (sulfide) groups is 1. The number of aromatic nitrogens is 1. The monoisotopic (exact) mass is 457 g/mol. The standard InChI is InChI=1S/C20H16ClF4N3OS/c21-11-1-2-14(27-7-11)15(29)5-10-3-12(17(25)13(24)4-10)20(9-23)16-6-19(16,8-22)30-18(26)28-20/h1-4,7,16H,5-6,8-9H2,(H2,26,28)/t16-,19-,20-/m1/s1. The van der Waals surface area contributed by atoms with E-state index in [0.717, 1.165) is 17.8 Å². The highest BCUT2D eigenvalue weighted by Gasteiger charge is 2.68. The lowest BCUT2D eigenvalue weighted by Gasteiger charge is -2.34. The molecule has 1 aliphatic carbocycles. The van der Waals surface area contributed by atoms with Crippen LogP contribution in [-0.4, -0.2) is 34.0 Å². The van der Waals surface area contributed by atoms with Gasteiger partial charge in [-0.15, -0.1) is 0 Å². The third-order valence-electron chi connectivity index (χ3n) is 5.58. The van der Waals surface area contributed by atoms with Crippen molar-refractivity contribution >= 4 is 34.3 Å². The lowest BCUT2D eigenvalue weighted by Crippen LogP contribution is -2.41. The number of fused-ring (bicyclic) bond motifs is 1. The highest BCUT2D eigenvalue weighted by atomic mass is 35.5. The summed E-state index contributed by atoms with van der Waals surface area (Å²) < 4.78 is 56.2. The number of hydrogen-bond acceptors (Lipinski definition) is 5. The number of amidine groups is 1. The predicted octanol–water partition coefficient (Wildman–Crippen LogP) is 4.39. The maximum Gasteiger partial charge on any atom is 0.185 e. The second-order valence-electron chi connectivity index (χ2n) is 7.47. The summed E-state index contributed by atoms with van der Waals surface area (Å²) in [4.78, 5) is 20.5. The molecule has 4 nitrogen and oxygen atoms in total. The van der Waals surface area contributed by atoms with Gasteiger partial charge in [0, 0.05) is 24.1 Å². The number of nitrogens with zero attached hydrogens (tertiary/aromatic N) is 2. The molecule has 1 aromatic carbocycles. The summed E-state index contributed by atoms with van der Waals surface area (Å²) >= 11 is 6.75. The van der Waals surface area contributed by atoms with Crippen LogP contribution in [0, 0.1) is 17.6 Å². The van der Waals surface area contributed by atoms with Crippen LogP contribution in [0.3, 0.4) is 0 Å². The van der Waals surface area contributed by atoms with E-state index in [2.05, 4.69) is 9.98 Å². The molecule has 1 saturated carbocycles. The van der Waals surface area contributed by atoms with Crippen LogP contribution < -0.4 is 5.73 Å². The fourth-order valence-electron chi connectivity index (χ4n) is 4.01. The molecule has 0 spiro atoms. The zero-order chi connectivity index (χ0) is 21.7. The molecule has 0 bridgehead atoms. The SMILES string of the molecule is NC1=N[C@](CF)(c2cc(CC(=O)c3ccc(Cl)cn3)cc(F)c2F)[C@@H]2C[C@]2(CF)S1. The van der Waals surface area contributed by atoms with Crippen molar-refractivity contribution in [3.63, 3.8) is 0 Å². The molecule has 3 atom stereocenters. The van der Waals surface area contributed by atoms with Crippen LogP contribution in [0.15, 0.2) is 35.5 Å². The Balaban J connectivity index is 1.74. The number of nitrogens with two attached hydrogens (primary N) is 1. The van der Waals surface area contributed by atoms with Crippen LogP contribution in [0.5, 0.6) is 0 Å². The molecule has 1 aromatic heterocycles. The van der Waals surface area contributed by atoms with Gasteiger partial charge in [-0.05, 0) is 36.2 Å². The van der Waals surface area contributed by atoms with Crippen LogP contribution in [0.2, 0.25) is 5.02 Å². The van der Waals surface area contributed by atoms with E-state index in [-0.39, 0.29) is 34.8 Å². The van der Waals surface area contributed by atoms with Gasteiger partial charge in [-0.2, -0.15) is 0 Å². The van der Waals surface area contributed by atoms with Crippen molar-refractivity contribution in [1.82, 2.24) is 4.98 Å². The van der Waals surface area contributed by atoms with Crippen molar-refractivity contribution in [2.45, 2.75) is 23.1 Å². The molecule has 0 amide bonds. The van der Waals surface area contributed by atoms with Crippen molar-refractivity contribution in [2.24, 2.45) is 16.6 Å². The van der Waals surface area contributed by atoms with Crippen molar-refractivity contribution < 1.29 is 22.4 Å². The summed E-state index contributed by atoms with van der Waals surface area (Å²) in [6.07, 6.45) is 1.24. The first-order chi connectivity index (χ1) is 14.2. The van der Waals surface area contributed by atoms with Gasteiger partial charge in [-0.25, -0.2) is 22.6 Å². The van der Waals surface area contributed by atoms with Crippen LogP contribution in [-0.2, 0) is 12.0 Å². The average molecular weight is 458 g/mol. The van der Waals surface area contributed by atoms with Crippen molar-refractivity contribution in [1.29, 1.82) is 0 Å². The second-order valence-corrected chi connectivity index (χ2v) is 9.34. The van der Waals surface area contributed by atoms with Gasteiger partial charge in [0.25, 0.3) is 0 Å². The fourth-order valence-corrected chi connectivity index (χ4v) is 5.38. The van der Waals surface area contributed by atoms with Crippen molar-refractivity contribution in [2.75, 3.05) is 13.3 Å². The fraction of sp³-hybridized carbons (Fsp3) is 0.350. The minimum absolute atomic E-state index is 0.0781. The van der Waals surface area contributed by atoms with Gasteiger partial charge < -0.3 is 5.73 Å². The van der Waals surface area contributed by atoms with E-state index < -0.39 is 47.0 Å². The maximum atomic E-state index is 14.8. The number of carbonyl (C=O) groups excluding carboxylic acids is 1. The summed E-state index contributed by atoms with van der Waals surface area (Å²) in [6, 6.07) is 4.98. The number of carbonyl (C=O) groups is 1. The topological polar surface area (TPSA) is 68.3 Å². The number of ketones is 1. The molecule has 4 rings (SSSR count). The van der Waals surface area contributed by atoms with Crippen LogP contribution >= 0.6 is 23.4 Å². The molecule has 1 fully saturated rings. The molecule has 2 aromatic rings. The van der Waals surface area contributed by atoms with Crippen molar-refractivity contribution in [3.8, 4) is 0 Å². The van der Waals surface area contributed by atoms with E-state index in [9.17, 15) is 22.4 Å². The Morgan fingerprint density at radius 2 is 2.03 bits per heavy atom. The third-order valence-corrected chi connectivity index (χ3v) is 7.07. The molecular weight excluding hydrogens is 442 g/mol. The molecule has 30 heavy (non-hydrogen) atoms. The number of alkyl halides is 2. The van der Waals surface area contributed by atoms with Gasteiger partial charge in [0.15, 0.2) is 22.6 Å². The molecule has 10 heteroatoms. The number of aliphatic imine (C=N–C) groups is 1. The molecule has 2 aliphatic rings. The van der Waals surface area contributed by atoms with Gasteiger partial charge in [0.2, 0.25) is 0 Å². The summed E-state index contributed by atoms with van der Waals surface area (Å²) in [7, 11) is 0. The lowest BCUT2D eigenvalue weighted by atomic mass is 9.83. The summed E-state index contributed by atoms with van der Waals surface area (Å²) in [5.41, 5.74) is 3.82. The van der Waals surface area contributed by atoms with Gasteiger partial charge in [-0.1, -0.05) is 23.4 Å². The number of Topliss-reactive ketones (excluding diaryl/α,β-unsaturated/α-hetero) is 1. The number of pyridine rings is 1. The van der Waals surface area contributed by atoms with E-state index >= 15 is 0 Å². The van der Waals surface area contributed by atoms with Gasteiger partial charge in [-0.3, -0.25) is 9.78 Å². The Kier molecular flexibility index (Phi) is 5.30. The van der Waals surface area contributed by atoms with Gasteiger partial charge >= 0.3 is 0 Å². The Morgan fingerprint density at radius 1 is 1.27 bits per heavy atom. The zero-order valence-corrected chi connectivity index (χ0v) is 17.0. The van der Waals surface area contributed by atoms with E-state index in [0.29, 0.717) is 5.02 Å². The highest BCUT2D eigenvalue weighted by molar-refractivity contribution is 8.15. The first-order valence-electron chi connectivity index (χ1n) is 9.04. The van der Waals surface area contributed by atoms with Gasteiger partial charge in [0.1, 0.15) is 24.6 Å². The number of halogens is 5. The quantitative estimate of drug-likeness (QED) is 0.516. The largest absolute Gasteiger partial charge is 0.378 e. The second kappa shape index (κ2) is 7.53. The molecular formula is C20H16ClF4N3OS. The molecule has 0 unspecified atom stereocenters. The zero-order valence-electron chi connectivity index (χ0n) is 15.5. The smallest absolute Gasteiger partial charge is 0.185 e. The highest BCUT2D eigenvalue weighted by Crippen LogP contribution is 2.66. The summed E-state index contributed by atoms with van der Waals surface area (Å²) in [5, 5.41) is 0.267. The van der Waals surface area contributed by atoms with Gasteiger partial charge in [0.05, 0.1) is 9.77 Å². The minimum Gasteiger partial charge on any atom is -0.378 e. The van der Waals surface area contributed by atoms with Crippen molar-refractivity contribution in [3.05, 3.63) is 63.9 Å². The number of benzene rings is 1. The maximum absolute atomic E-state index is 14.8.